The molecule has 0 saturated carbocycles. The van der Waals surface area contributed by atoms with Crippen LogP contribution in [0.15, 0.2) is 27.6 Å². The SMILES string of the molecule is O=C(O)CC1CCCN(S(=O)(=O)c2ccc(Cl)c(Br)c2)C1. The lowest BCUT2D eigenvalue weighted by Crippen LogP contribution is -2.40. The molecule has 0 bridgehead atoms. The van der Waals surface area contributed by atoms with Crippen LogP contribution in [0, 0.1) is 5.92 Å². The van der Waals surface area contributed by atoms with Gasteiger partial charge in [-0.05, 0) is 52.9 Å². The molecule has 2 rings (SSSR count). The Balaban J connectivity index is 2.22. The second-order valence-corrected chi connectivity index (χ2v) is 8.24. The van der Waals surface area contributed by atoms with Gasteiger partial charge in [0.2, 0.25) is 10.0 Å². The lowest BCUT2D eigenvalue weighted by atomic mass is 9.96. The molecule has 0 radical (unpaired) electrons. The lowest BCUT2D eigenvalue weighted by molar-refractivity contribution is -0.138. The van der Waals surface area contributed by atoms with Gasteiger partial charge in [0, 0.05) is 24.0 Å². The molecular weight excluding hydrogens is 382 g/mol. The van der Waals surface area contributed by atoms with Gasteiger partial charge < -0.3 is 5.11 Å². The first-order chi connectivity index (χ1) is 9.80. The van der Waals surface area contributed by atoms with Gasteiger partial charge in [-0.15, -0.1) is 0 Å². The first-order valence-electron chi connectivity index (χ1n) is 6.47. The summed E-state index contributed by atoms with van der Waals surface area (Å²) in [6.45, 7) is 0.660. The monoisotopic (exact) mass is 395 g/mol. The van der Waals surface area contributed by atoms with Crippen molar-refractivity contribution in [2.24, 2.45) is 5.92 Å². The Morgan fingerprint density at radius 2 is 2.19 bits per heavy atom. The van der Waals surface area contributed by atoms with E-state index >= 15 is 0 Å². The number of sulfonamides is 1. The normalized spacial score (nSPS) is 20.4. The molecule has 1 N–H and O–H groups in total. The molecule has 5 nitrogen and oxygen atoms in total. The molecule has 1 heterocycles. The maximum Gasteiger partial charge on any atom is 0.303 e. The summed E-state index contributed by atoms with van der Waals surface area (Å²) in [5.41, 5.74) is 0. The summed E-state index contributed by atoms with van der Waals surface area (Å²) in [4.78, 5) is 10.9. The summed E-state index contributed by atoms with van der Waals surface area (Å²) < 4.78 is 27.1. The topological polar surface area (TPSA) is 74.7 Å². The Labute approximate surface area is 137 Å². The molecule has 1 aromatic rings. The third-order valence-corrected chi connectivity index (χ3v) is 6.55. The largest absolute Gasteiger partial charge is 0.481 e. The van der Waals surface area contributed by atoms with E-state index in [1.54, 1.807) is 0 Å². The Morgan fingerprint density at radius 1 is 1.48 bits per heavy atom. The van der Waals surface area contributed by atoms with Crippen molar-refractivity contribution < 1.29 is 18.3 Å². The number of nitrogens with zero attached hydrogens (tertiary/aromatic N) is 1. The summed E-state index contributed by atoms with van der Waals surface area (Å²) >= 11 is 9.09. The van der Waals surface area contributed by atoms with Gasteiger partial charge >= 0.3 is 5.97 Å². The number of hydrogen-bond acceptors (Lipinski definition) is 3. The molecule has 0 amide bonds. The van der Waals surface area contributed by atoms with Crippen LogP contribution < -0.4 is 0 Å². The quantitative estimate of drug-likeness (QED) is 0.849. The highest BCUT2D eigenvalue weighted by atomic mass is 79.9. The van der Waals surface area contributed by atoms with Crippen LogP contribution in [0.1, 0.15) is 19.3 Å². The second-order valence-electron chi connectivity index (χ2n) is 5.05. The lowest BCUT2D eigenvalue weighted by Gasteiger charge is -2.31. The Hall–Kier alpha value is -0.630. The third kappa shape index (κ3) is 3.97. The fourth-order valence-electron chi connectivity index (χ4n) is 2.45. The van der Waals surface area contributed by atoms with Crippen LogP contribution in [0.3, 0.4) is 0 Å². The minimum atomic E-state index is -3.62. The summed E-state index contributed by atoms with van der Waals surface area (Å²) in [6, 6.07) is 4.46. The second kappa shape index (κ2) is 6.64. The van der Waals surface area contributed by atoms with Gasteiger partial charge in [-0.25, -0.2) is 8.42 Å². The maximum atomic E-state index is 12.6. The molecule has 0 aliphatic carbocycles. The van der Waals surface area contributed by atoms with Gasteiger partial charge in [-0.1, -0.05) is 11.6 Å². The number of carbonyl (C=O) groups is 1. The molecule has 1 aliphatic rings. The number of halogens is 2. The van der Waals surface area contributed by atoms with Crippen LogP contribution in [0.2, 0.25) is 5.02 Å². The van der Waals surface area contributed by atoms with E-state index in [0.29, 0.717) is 22.5 Å². The van der Waals surface area contributed by atoms with Crippen molar-refractivity contribution in [1.82, 2.24) is 4.31 Å². The highest BCUT2D eigenvalue weighted by Gasteiger charge is 2.31. The zero-order valence-electron chi connectivity index (χ0n) is 11.1. The van der Waals surface area contributed by atoms with E-state index in [-0.39, 0.29) is 23.8 Å². The van der Waals surface area contributed by atoms with Crippen molar-refractivity contribution in [3.8, 4) is 0 Å². The number of hydrogen-bond donors (Lipinski definition) is 1. The van der Waals surface area contributed by atoms with E-state index < -0.39 is 16.0 Å². The van der Waals surface area contributed by atoms with Crippen LogP contribution >= 0.6 is 27.5 Å². The molecule has 1 aromatic carbocycles. The van der Waals surface area contributed by atoms with Crippen molar-refractivity contribution in [1.29, 1.82) is 0 Å². The summed E-state index contributed by atoms with van der Waals surface area (Å²) in [7, 11) is -3.62. The fourth-order valence-corrected chi connectivity index (χ4v) is 4.67. The van der Waals surface area contributed by atoms with E-state index in [2.05, 4.69) is 15.9 Å². The number of piperidine rings is 1. The van der Waals surface area contributed by atoms with Gasteiger partial charge in [0.05, 0.1) is 9.92 Å². The molecule has 1 aliphatic heterocycles. The molecule has 0 aromatic heterocycles. The predicted octanol–water partition coefficient (Wildman–Crippen LogP) is 2.98. The van der Waals surface area contributed by atoms with Crippen molar-refractivity contribution >= 4 is 43.5 Å². The molecule has 0 spiro atoms. The van der Waals surface area contributed by atoms with Gasteiger partial charge in [0.25, 0.3) is 0 Å². The minimum Gasteiger partial charge on any atom is -0.481 e. The Kier molecular flexibility index (Phi) is 5.29. The Morgan fingerprint density at radius 3 is 2.81 bits per heavy atom. The van der Waals surface area contributed by atoms with Crippen molar-refractivity contribution in [2.45, 2.75) is 24.2 Å². The maximum absolute atomic E-state index is 12.6. The first-order valence-corrected chi connectivity index (χ1v) is 9.09. The number of carboxylic acid groups (broad SMARTS) is 1. The third-order valence-electron chi connectivity index (χ3n) is 3.47. The van der Waals surface area contributed by atoms with Gasteiger partial charge in [0.1, 0.15) is 0 Å². The van der Waals surface area contributed by atoms with Crippen LogP contribution in [0.25, 0.3) is 0 Å². The van der Waals surface area contributed by atoms with Crippen LogP contribution in [0.5, 0.6) is 0 Å². The van der Waals surface area contributed by atoms with Gasteiger partial charge in [-0.2, -0.15) is 4.31 Å². The molecule has 8 heteroatoms. The van der Waals surface area contributed by atoms with E-state index in [4.69, 9.17) is 16.7 Å². The van der Waals surface area contributed by atoms with Gasteiger partial charge in [0.15, 0.2) is 0 Å². The average molecular weight is 397 g/mol. The fraction of sp³-hybridized carbons (Fsp3) is 0.462. The van der Waals surface area contributed by atoms with E-state index in [0.717, 1.165) is 6.42 Å². The Bertz CT molecular complexity index is 650. The van der Waals surface area contributed by atoms with E-state index in [1.807, 2.05) is 0 Å². The van der Waals surface area contributed by atoms with Crippen LogP contribution in [0.4, 0.5) is 0 Å². The summed E-state index contributed by atoms with van der Waals surface area (Å²) in [6.07, 6.45) is 1.41. The smallest absolute Gasteiger partial charge is 0.303 e. The number of benzene rings is 1. The molecular formula is C13H15BrClNO4S. The van der Waals surface area contributed by atoms with E-state index in [1.165, 1.54) is 22.5 Å². The zero-order chi connectivity index (χ0) is 15.6. The standard InChI is InChI=1S/C13H15BrClNO4S/c14-11-7-10(3-4-12(11)15)21(19,20)16-5-1-2-9(8-16)6-13(17)18/h3-4,7,9H,1-2,5-6,8H2,(H,17,18). The average Bonchev–Trinajstić information content (AvgIpc) is 2.41. The zero-order valence-corrected chi connectivity index (χ0v) is 14.3. The minimum absolute atomic E-state index is 0.00364. The highest BCUT2D eigenvalue weighted by molar-refractivity contribution is 9.10. The number of aliphatic carboxylic acids is 1. The van der Waals surface area contributed by atoms with Gasteiger partial charge in [-0.3, -0.25) is 4.79 Å². The molecule has 1 saturated heterocycles. The predicted molar refractivity (Wildman–Crippen MR) is 82.9 cm³/mol. The van der Waals surface area contributed by atoms with Crippen molar-refractivity contribution in [3.63, 3.8) is 0 Å². The van der Waals surface area contributed by atoms with Crippen molar-refractivity contribution in [2.75, 3.05) is 13.1 Å². The summed E-state index contributed by atoms with van der Waals surface area (Å²) in [5.74, 6) is -1.03. The molecule has 1 atom stereocenters. The van der Waals surface area contributed by atoms with E-state index in [9.17, 15) is 13.2 Å². The van der Waals surface area contributed by atoms with Crippen molar-refractivity contribution in [3.05, 3.63) is 27.7 Å². The number of rotatable bonds is 4. The molecule has 21 heavy (non-hydrogen) atoms. The molecule has 1 fully saturated rings. The highest BCUT2D eigenvalue weighted by Crippen LogP contribution is 2.29. The first kappa shape index (κ1) is 16.7. The molecule has 116 valence electrons. The number of carboxylic acids is 1. The molecule has 1 unspecified atom stereocenters. The summed E-state index contributed by atoms with van der Waals surface area (Å²) in [5, 5.41) is 9.29. The van der Waals surface area contributed by atoms with Crippen LogP contribution in [-0.4, -0.2) is 36.9 Å². The van der Waals surface area contributed by atoms with Crippen LogP contribution in [-0.2, 0) is 14.8 Å².